The SMILES string of the molecule is CC(C)(C)OC(=O)COc1ccc(-c2csc(N)n2)cc1. The van der Waals surface area contributed by atoms with E-state index in [-0.39, 0.29) is 12.6 Å². The Morgan fingerprint density at radius 2 is 1.95 bits per heavy atom. The fourth-order valence-electron chi connectivity index (χ4n) is 1.66. The van der Waals surface area contributed by atoms with Crippen molar-refractivity contribution in [3.05, 3.63) is 29.6 Å². The smallest absolute Gasteiger partial charge is 0.344 e. The van der Waals surface area contributed by atoms with Crippen LogP contribution in [0.4, 0.5) is 5.13 Å². The largest absolute Gasteiger partial charge is 0.482 e. The monoisotopic (exact) mass is 306 g/mol. The zero-order chi connectivity index (χ0) is 15.5. The number of thiazole rings is 1. The Morgan fingerprint density at radius 3 is 2.48 bits per heavy atom. The number of benzene rings is 1. The molecule has 6 heteroatoms. The molecule has 112 valence electrons. The van der Waals surface area contributed by atoms with E-state index in [1.54, 1.807) is 12.1 Å². The number of aromatic nitrogens is 1. The molecule has 0 aliphatic heterocycles. The fourth-order valence-corrected chi connectivity index (χ4v) is 2.23. The van der Waals surface area contributed by atoms with Crippen LogP contribution in [0.1, 0.15) is 20.8 Å². The molecule has 0 aliphatic rings. The van der Waals surface area contributed by atoms with Gasteiger partial charge in [0.05, 0.1) is 5.69 Å². The standard InChI is InChI=1S/C15H18N2O3S/c1-15(2,3)20-13(18)8-19-11-6-4-10(5-7-11)12-9-21-14(16)17-12/h4-7,9H,8H2,1-3H3,(H2,16,17). The first kappa shape index (κ1) is 15.3. The fraction of sp³-hybridized carbons (Fsp3) is 0.333. The van der Waals surface area contributed by atoms with Gasteiger partial charge in [0.25, 0.3) is 0 Å². The summed E-state index contributed by atoms with van der Waals surface area (Å²) >= 11 is 1.40. The van der Waals surface area contributed by atoms with Gasteiger partial charge in [0, 0.05) is 10.9 Å². The van der Waals surface area contributed by atoms with E-state index in [1.165, 1.54) is 11.3 Å². The number of hydrogen-bond donors (Lipinski definition) is 1. The van der Waals surface area contributed by atoms with Crippen molar-refractivity contribution in [2.45, 2.75) is 26.4 Å². The molecule has 0 atom stereocenters. The first-order valence-corrected chi connectivity index (χ1v) is 7.37. The van der Waals surface area contributed by atoms with Crippen molar-refractivity contribution in [1.29, 1.82) is 0 Å². The highest BCUT2D eigenvalue weighted by Crippen LogP contribution is 2.25. The van der Waals surface area contributed by atoms with Crippen LogP contribution < -0.4 is 10.5 Å². The molecule has 5 nitrogen and oxygen atoms in total. The first-order chi connectivity index (χ1) is 9.83. The number of carbonyl (C=O) groups is 1. The predicted molar refractivity (Wildman–Crippen MR) is 83.3 cm³/mol. The summed E-state index contributed by atoms with van der Waals surface area (Å²) in [5, 5.41) is 2.43. The number of ether oxygens (including phenoxy) is 2. The number of carbonyl (C=O) groups excluding carboxylic acids is 1. The Bertz CT molecular complexity index is 615. The number of hydrogen-bond acceptors (Lipinski definition) is 6. The second-order valence-corrected chi connectivity index (χ2v) is 6.36. The van der Waals surface area contributed by atoms with E-state index in [0.29, 0.717) is 10.9 Å². The second-order valence-electron chi connectivity index (χ2n) is 5.47. The zero-order valence-electron chi connectivity index (χ0n) is 12.3. The summed E-state index contributed by atoms with van der Waals surface area (Å²) in [7, 11) is 0. The van der Waals surface area contributed by atoms with Crippen molar-refractivity contribution in [3.8, 4) is 17.0 Å². The molecular weight excluding hydrogens is 288 g/mol. The van der Waals surface area contributed by atoms with Gasteiger partial charge in [0.1, 0.15) is 11.4 Å². The number of nitrogens with zero attached hydrogens (tertiary/aromatic N) is 1. The first-order valence-electron chi connectivity index (χ1n) is 6.49. The summed E-state index contributed by atoms with van der Waals surface area (Å²) in [5.74, 6) is 0.215. The van der Waals surface area contributed by atoms with Gasteiger partial charge in [-0.3, -0.25) is 0 Å². The third kappa shape index (κ3) is 4.75. The van der Waals surface area contributed by atoms with Gasteiger partial charge in [-0.15, -0.1) is 11.3 Å². The molecule has 0 radical (unpaired) electrons. The van der Waals surface area contributed by atoms with E-state index >= 15 is 0 Å². The van der Waals surface area contributed by atoms with Crippen molar-refractivity contribution in [2.24, 2.45) is 0 Å². The average Bonchev–Trinajstić information content (AvgIpc) is 2.82. The van der Waals surface area contributed by atoms with Gasteiger partial charge >= 0.3 is 5.97 Å². The molecule has 0 bridgehead atoms. The molecule has 1 aromatic carbocycles. The molecule has 0 aliphatic carbocycles. The van der Waals surface area contributed by atoms with E-state index in [2.05, 4.69) is 4.98 Å². The lowest BCUT2D eigenvalue weighted by atomic mass is 10.2. The summed E-state index contributed by atoms with van der Waals surface area (Å²) in [5.41, 5.74) is 6.88. The molecule has 2 aromatic rings. The van der Waals surface area contributed by atoms with E-state index < -0.39 is 5.60 Å². The number of esters is 1. The maximum atomic E-state index is 11.6. The van der Waals surface area contributed by atoms with E-state index in [0.717, 1.165) is 11.3 Å². The summed E-state index contributed by atoms with van der Waals surface area (Å²) in [6, 6.07) is 7.32. The predicted octanol–water partition coefficient (Wildman–Crippen LogP) is 3.11. The molecule has 1 heterocycles. The Labute approximate surface area is 127 Å². The number of rotatable bonds is 4. The lowest BCUT2D eigenvalue weighted by molar-refractivity contribution is -0.157. The second kappa shape index (κ2) is 6.13. The van der Waals surface area contributed by atoms with Crippen LogP contribution in [0.2, 0.25) is 0 Å². The Kier molecular flexibility index (Phi) is 4.47. The van der Waals surface area contributed by atoms with Crippen LogP contribution in [0, 0.1) is 0 Å². The molecule has 0 saturated carbocycles. The molecule has 0 fully saturated rings. The summed E-state index contributed by atoms with van der Waals surface area (Å²) in [6.45, 7) is 5.35. The highest BCUT2D eigenvalue weighted by molar-refractivity contribution is 7.13. The van der Waals surface area contributed by atoms with Crippen molar-refractivity contribution < 1.29 is 14.3 Å². The molecule has 0 saturated heterocycles. The third-order valence-electron chi connectivity index (χ3n) is 2.45. The van der Waals surface area contributed by atoms with Crippen LogP contribution in [0.25, 0.3) is 11.3 Å². The molecular formula is C15H18N2O3S. The molecule has 21 heavy (non-hydrogen) atoms. The van der Waals surface area contributed by atoms with Crippen LogP contribution in [0.5, 0.6) is 5.75 Å². The topological polar surface area (TPSA) is 74.4 Å². The molecule has 2 rings (SSSR count). The van der Waals surface area contributed by atoms with Crippen LogP contribution in [0.3, 0.4) is 0 Å². The van der Waals surface area contributed by atoms with Crippen LogP contribution >= 0.6 is 11.3 Å². The minimum Gasteiger partial charge on any atom is -0.482 e. The number of anilines is 1. The lowest BCUT2D eigenvalue weighted by Crippen LogP contribution is -2.27. The Hall–Kier alpha value is -2.08. The average molecular weight is 306 g/mol. The maximum absolute atomic E-state index is 11.6. The van der Waals surface area contributed by atoms with Gasteiger partial charge < -0.3 is 15.2 Å². The minimum absolute atomic E-state index is 0.111. The third-order valence-corrected chi connectivity index (χ3v) is 3.12. The van der Waals surface area contributed by atoms with Crippen LogP contribution in [-0.2, 0) is 9.53 Å². The highest BCUT2D eigenvalue weighted by atomic mass is 32.1. The number of nitrogens with two attached hydrogens (primary N) is 1. The van der Waals surface area contributed by atoms with E-state index in [4.69, 9.17) is 15.2 Å². The van der Waals surface area contributed by atoms with E-state index in [9.17, 15) is 4.79 Å². The number of nitrogen functional groups attached to an aromatic ring is 1. The van der Waals surface area contributed by atoms with Gasteiger partial charge in [-0.05, 0) is 45.0 Å². The normalized spacial score (nSPS) is 11.2. The zero-order valence-corrected chi connectivity index (χ0v) is 13.1. The van der Waals surface area contributed by atoms with Gasteiger partial charge in [-0.2, -0.15) is 0 Å². The highest BCUT2D eigenvalue weighted by Gasteiger charge is 2.16. The molecule has 0 spiro atoms. The molecule has 2 N–H and O–H groups in total. The van der Waals surface area contributed by atoms with Gasteiger partial charge in [-0.25, -0.2) is 9.78 Å². The van der Waals surface area contributed by atoms with Crippen molar-refractivity contribution in [1.82, 2.24) is 4.98 Å². The Morgan fingerprint density at radius 1 is 1.29 bits per heavy atom. The van der Waals surface area contributed by atoms with Crippen molar-refractivity contribution in [2.75, 3.05) is 12.3 Å². The summed E-state index contributed by atoms with van der Waals surface area (Å²) < 4.78 is 10.6. The summed E-state index contributed by atoms with van der Waals surface area (Å²) in [6.07, 6.45) is 0. The maximum Gasteiger partial charge on any atom is 0.344 e. The molecule has 0 unspecified atom stereocenters. The molecule has 0 amide bonds. The van der Waals surface area contributed by atoms with E-state index in [1.807, 2.05) is 38.3 Å². The molecule has 1 aromatic heterocycles. The van der Waals surface area contributed by atoms with Crippen molar-refractivity contribution >= 4 is 22.4 Å². The Balaban J connectivity index is 1.92. The van der Waals surface area contributed by atoms with Gasteiger partial charge in [0.15, 0.2) is 11.7 Å². The quantitative estimate of drug-likeness (QED) is 0.878. The minimum atomic E-state index is -0.505. The summed E-state index contributed by atoms with van der Waals surface area (Å²) in [4.78, 5) is 15.8. The van der Waals surface area contributed by atoms with Crippen molar-refractivity contribution in [3.63, 3.8) is 0 Å². The van der Waals surface area contributed by atoms with Crippen LogP contribution in [0.15, 0.2) is 29.6 Å². The van der Waals surface area contributed by atoms with Gasteiger partial charge in [0.2, 0.25) is 0 Å². The van der Waals surface area contributed by atoms with Gasteiger partial charge in [-0.1, -0.05) is 0 Å². The lowest BCUT2D eigenvalue weighted by Gasteiger charge is -2.19. The van der Waals surface area contributed by atoms with Crippen LogP contribution in [-0.4, -0.2) is 23.2 Å².